The molecule has 1 rings (SSSR count). The average Bonchev–Trinajstić information content (AvgIpc) is 2.38. The highest BCUT2D eigenvalue weighted by atomic mass is 19.1. The molecular formula is C8H10FN3. The van der Waals surface area contributed by atoms with Crippen LogP contribution in [0.4, 0.5) is 4.39 Å². The summed E-state index contributed by atoms with van der Waals surface area (Å²) in [5.41, 5.74) is 0.381. The van der Waals surface area contributed by atoms with Gasteiger partial charge in [-0.3, -0.25) is 0 Å². The van der Waals surface area contributed by atoms with Crippen molar-refractivity contribution in [3.63, 3.8) is 0 Å². The van der Waals surface area contributed by atoms with Crippen LogP contribution in [0.1, 0.15) is 18.9 Å². The van der Waals surface area contributed by atoms with E-state index in [0.29, 0.717) is 12.1 Å². The zero-order chi connectivity index (χ0) is 8.97. The summed E-state index contributed by atoms with van der Waals surface area (Å²) in [7, 11) is 0. The van der Waals surface area contributed by atoms with Crippen LogP contribution >= 0.6 is 0 Å². The van der Waals surface area contributed by atoms with Crippen molar-refractivity contribution < 1.29 is 4.39 Å². The molecule has 0 saturated heterocycles. The van der Waals surface area contributed by atoms with Crippen molar-refractivity contribution in [2.24, 2.45) is 0 Å². The molecule has 0 aliphatic heterocycles. The van der Waals surface area contributed by atoms with Gasteiger partial charge in [-0.1, -0.05) is 6.92 Å². The largest absolute Gasteiger partial charge is 0.239 e. The molecule has 1 heterocycles. The van der Waals surface area contributed by atoms with E-state index in [1.54, 1.807) is 0 Å². The van der Waals surface area contributed by atoms with Gasteiger partial charge >= 0.3 is 0 Å². The number of aryl methyl sites for hydroxylation is 1. The fourth-order valence-corrected chi connectivity index (χ4v) is 0.981. The molecule has 12 heavy (non-hydrogen) atoms. The van der Waals surface area contributed by atoms with E-state index in [4.69, 9.17) is 5.26 Å². The molecule has 1 aromatic rings. The van der Waals surface area contributed by atoms with Crippen molar-refractivity contribution in [2.45, 2.75) is 26.3 Å². The highest BCUT2D eigenvalue weighted by Crippen LogP contribution is 2.06. The molecule has 0 fully saturated rings. The summed E-state index contributed by atoms with van der Waals surface area (Å²) in [5, 5.41) is 12.1. The number of hydrogen-bond donors (Lipinski definition) is 0. The number of hydrogen-bond acceptors (Lipinski definition) is 2. The molecule has 1 aromatic heterocycles. The van der Waals surface area contributed by atoms with E-state index < -0.39 is 0 Å². The Morgan fingerprint density at radius 2 is 2.50 bits per heavy atom. The molecule has 0 amide bonds. The van der Waals surface area contributed by atoms with Crippen molar-refractivity contribution in [2.75, 3.05) is 0 Å². The molecule has 0 aromatic carbocycles. The van der Waals surface area contributed by atoms with Gasteiger partial charge in [0.25, 0.3) is 0 Å². The average molecular weight is 167 g/mol. The standard InChI is InChI=1S/C8H10FN3/c1-2-5-12-8(9)7(3-4-10)6-11-12/h6H,2-3,5H2,1H3. The van der Waals surface area contributed by atoms with Crippen molar-refractivity contribution >= 4 is 0 Å². The molecule has 0 spiro atoms. The molecule has 0 bridgehead atoms. The van der Waals surface area contributed by atoms with Gasteiger partial charge in [0.15, 0.2) is 0 Å². The van der Waals surface area contributed by atoms with E-state index in [1.807, 2.05) is 13.0 Å². The summed E-state index contributed by atoms with van der Waals surface area (Å²) >= 11 is 0. The molecule has 64 valence electrons. The van der Waals surface area contributed by atoms with Crippen LogP contribution in [-0.2, 0) is 13.0 Å². The third-order valence-corrected chi connectivity index (χ3v) is 1.55. The Balaban J connectivity index is 2.82. The Hall–Kier alpha value is -1.37. The third kappa shape index (κ3) is 1.62. The Morgan fingerprint density at radius 3 is 3.08 bits per heavy atom. The molecule has 0 N–H and O–H groups in total. The fourth-order valence-electron chi connectivity index (χ4n) is 0.981. The van der Waals surface area contributed by atoms with Crippen molar-refractivity contribution in [3.8, 4) is 6.07 Å². The monoisotopic (exact) mass is 167 g/mol. The van der Waals surface area contributed by atoms with E-state index >= 15 is 0 Å². The molecule has 0 atom stereocenters. The predicted octanol–water partition coefficient (Wildman–Crippen LogP) is 1.50. The topological polar surface area (TPSA) is 41.6 Å². The normalized spacial score (nSPS) is 9.75. The Morgan fingerprint density at radius 1 is 1.75 bits per heavy atom. The molecule has 0 unspecified atom stereocenters. The SMILES string of the molecule is CCCn1ncc(CC#N)c1F. The highest BCUT2D eigenvalue weighted by molar-refractivity contribution is 5.11. The summed E-state index contributed by atoms with van der Waals surface area (Å²) in [5.74, 6) is -0.376. The van der Waals surface area contributed by atoms with Crippen LogP contribution in [0.3, 0.4) is 0 Å². The number of aromatic nitrogens is 2. The zero-order valence-corrected chi connectivity index (χ0v) is 6.92. The summed E-state index contributed by atoms with van der Waals surface area (Å²) in [6.45, 7) is 2.52. The fraction of sp³-hybridized carbons (Fsp3) is 0.500. The van der Waals surface area contributed by atoms with Crippen molar-refractivity contribution in [1.82, 2.24) is 9.78 Å². The van der Waals surface area contributed by atoms with Crippen LogP contribution in [0.5, 0.6) is 0 Å². The molecule has 0 saturated carbocycles. The van der Waals surface area contributed by atoms with Gasteiger partial charge in [0.2, 0.25) is 5.95 Å². The maximum Gasteiger partial charge on any atom is 0.215 e. The minimum absolute atomic E-state index is 0.0928. The number of nitrogens with zero attached hydrogens (tertiary/aromatic N) is 3. The first-order valence-electron chi connectivity index (χ1n) is 3.86. The van der Waals surface area contributed by atoms with E-state index in [9.17, 15) is 4.39 Å². The van der Waals surface area contributed by atoms with Crippen molar-refractivity contribution in [3.05, 3.63) is 17.7 Å². The van der Waals surface area contributed by atoms with E-state index in [0.717, 1.165) is 6.42 Å². The molecular weight excluding hydrogens is 157 g/mol. The van der Waals surface area contributed by atoms with Gasteiger partial charge in [-0.15, -0.1) is 0 Å². The lowest BCUT2D eigenvalue weighted by atomic mass is 10.3. The van der Waals surface area contributed by atoms with Gasteiger partial charge in [0, 0.05) is 12.1 Å². The van der Waals surface area contributed by atoms with E-state index in [-0.39, 0.29) is 12.4 Å². The first kappa shape index (κ1) is 8.72. The van der Waals surface area contributed by atoms with Crippen molar-refractivity contribution in [1.29, 1.82) is 5.26 Å². The molecule has 0 radical (unpaired) electrons. The summed E-state index contributed by atoms with van der Waals surface area (Å²) in [4.78, 5) is 0. The van der Waals surface area contributed by atoms with E-state index in [1.165, 1.54) is 10.9 Å². The Kier molecular flexibility index (Phi) is 2.81. The minimum atomic E-state index is -0.376. The zero-order valence-electron chi connectivity index (χ0n) is 6.92. The molecule has 4 heteroatoms. The van der Waals surface area contributed by atoms with Gasteiger partial charge < -0.3 is 0 Å². The first-order valence-corrected chi connectivity index (χ1v) is 3.86. The molecule has 0 aliphatic carbocycles. The van der Waals surface area contributed by atoms with Crippen LogP contribution in [0.25, 0.3) is 0 Å². The van der Waals surface area contributed by atoms with Gasteiger partial charge in [-0.25, -0.2) is 4.68 Å². The minimum Gasteiger partial charge on any atom is -0.239 e. The predicted molar refractivity (Wildman–Crippen MR) is 41.8 cm³/mol. The van der Waals surface area contributed by atoms with Gasteiger partial charge in [0.1, 0.15) is 0 Å². The highest BCUT2D eigenvalue weighted by Gasteiger charge is 2.08. The quantitative estimate of drug-likeness (QED) is 0.684. The summed E-state index contributed by atoms with van der Waals surface area (Å²) < 4.78 is 14.4. The van der Waals surface area contributed by atoms with Crippen LogP contribution in [0, 0.1) is 17.3 Å². The third-order valence-electron chi connectivity index (χ3n) is 1.55. The lowest BCUT2D eigenvalue weighted by Gasteiger charge is -1.97. The lowest BCUT2D eigenvalue weighted by Crippen LogP contribution is -2.02. The van der Waals surface area contributed by atoms with Crippen LogP contribution < -0.4 is 0 Å². The van der Waals surface area contributed by atoms with Gasteiger partial charge in [0.05, 0.1) is 18.7 Å². The summed E-state index contributed by atoms with van der Waals surface area (Å²) in [6, 6.07) is 1.89. The lowest BCUT2D eigenvalue weighted by molar-refractivity contribution is 0.448. The molecule has 0 aliphatic rings. The first-order chi connectivity index (χ1) is 5.79. The van der Waals surface area contributed by atoms with Crippen LogP contribution in [-0.4, -0.2) is 9.78 Å². The second-order valence-electron chi connectivity index (χ2n) is 2.52. The maximum absolute atomic E-state index is 13.2. The second-order valence-corrected chi connectivity index (χ2v) is 2.52. The Labute approximate surface area is 70.4 Å². The molecule has 3 nitrogen and oxygen atoms in total. The van der Waals surface area contributed by atoms with Gasteiger partial charge in [-0.2, -0.15) is 14.8 Å². The number of nitriles is 1. The van der Waals surface area contributed by atoms with Crippen LogP contribution in [0.2, 0.25) is 0 Å². The smallest absolute Gasteiger partial charge is 0.215 e. The van der Waals surface area contributed by atoms with Crippen LogP contribution in [0.15, 0.2) is 6.20 Å². The summed E-state index contributed by atoms with van der Waals surface area (Å²) in [6.07, 6.45) is 2.34. The maximum atomic E-state index is 13.2. The number of halogens is 1. The van der Waals surface area contributed by atoms with E-state index in [2.05, 4.69) is 5.10 Å². The number of rotatable bonds is 3. The Bertz CT molecular complexity index is 298. The van der Waals surface area contributed by atoms with Gasteiger partial charge in [-0.05, 0) is 6.42 Å². The second kappa shape index (κ2) is 3.86.